The fourth-order valence-electron chi connectivity index (χ4n) is 3.02. The lowest BCUT2D eigenvalue weighted by molar-refractivity contribution is -0.145. The van der Waals surface area contributed by atoms with Crippen molar-refractivity contribution >= 4 is 29.2 Å². The van der Waals surface area contributed by atoms with E-state index in [2.05, 4.69) is 5.32 Å². The molecule has 0 unspecified atom stereocenters. The van der Waals surface area contributed by atoms with Crippen molar-refractivity contribution in [1.82, 2.24) is 5.32 Å². The average Bonchev–Trinajstić information content (AvgIpc) is 2.72. The Morgan fingerprint density at radius 3 is 1.86 bits per heavy atom. The van der Waals surface area contributed by atoms with Crippen LogP contribution in [0.1, 0.15) is 33.1 Å². The van der Waals surface area contributed by atoms with E-state index < -0.39 is 12.0 Å². The van der Waals surface area contributed by atoms with Crippen LogP contribution in [0.15, 0.2) is 60.7 Å². The highest BCUT2D eigenvalue weighted by Crippen LogP contribution is 2.26. The topological polar surface area (TPSA) is 75.7 Å². The van der Waals surface area contributed by atoms with Gasteiger partial charge in [0.05, 0.1) is 7.11 Å². The van der Waals surface area contributed by atoms with E-state index in [1.165, 1.54) is 7.11 Å². The predicted molar refractivity (Wildman–Crippen MR) is 113 cm³/mol. The van der Waals surface area contributed by atoms with Crippen molar-refractivity contribution in [3.8, 4) is 0 Å². The summed E-state index contributed by atoms with van der Waals surface area (Å²) in [5.74, 6) is -0.812. The zero-order valence-electron chi connectivity index (χ0n) is 17.1. The molecular formula is C23H28N2O4. The lowest BCUT2D eigenvalue weighted by atomic mass is 10.0. The Balaban J connectivity index is 2.06. The van der Waals surface area contributed by atoms with Gasteiger partial charge in [0.1, 0.15) is 6.04 Å². The molecule has 1 N–H and O–H groups in total. The van der Waals surface area contributed by atoms with Crippen LogP contribution < -0.4 is 10.2 Å². The number of nitrogens with one attached hydrogen (secondary N) is 1. The van der Waals surface area contributed by atoms with Gasteiger partial charge in [0.2, 0.25) is 11.8 Å². The molecule has 0 bridgehead atoms. The van der Waals surface area contributed by atoms with Crippen LogP contribution in [0.25, 0.3) is 0 Å². The van der Waals surface area contributed by atoms with Crippen molar-refractivity contribution in [2.24, 2.45) is 5.92 Å². The first-order valence-electron chi connectivity index (χ1n) is 9.72. The zero-order chi connectivity index (χ0) is 21.2. The molecule has 0 saturated carbocycles. The van der Waals surface area contributed by atoms with E-state index in [-0.39, 0.29) is 30.6 Å². The van der Waals surface area contributed by atoms with E-state index in [4.69, 9.17) is 4.74 Å². The summed E-state index contributed by atoms with van der Waals surface area (Å²) in [5.41, 5.74) is 1.47. The molecule has 2 rings (SSSR count). The van der Waals surface area contributed by atoms with Crippen LogP contribution in [0.5, 0.6) is 0 Å². The molecule has 0 aliphatic rings. The van der Waals surface area contributed by atoms with Crippen LogP contribution in [-0.4, -0.2) is 30.9 Å². The molecule has 0 fully saturated rings. The van der Waals surface area contributed by atoms with E-state index in [9.17, 15) is 14.4 Å². The summed E-state index contributed by atoms with van der Waals surface area (Å²) in [4.78, 5) is 38.8. The van der Waals surface area contributed by atoms with E-state index in [0.717, 1.165) is 11.4 Å². The first-order valence-corrected chi connectivity index (χ1v) is 9.72. The Hall–Kier alpha value is -3.15. The van der Waals surface area contributed by atoms with Gasteiger partial charge in [-0.05, 0) is 36.6 Å². The lowest BCUT2D eigenvalue weighted by Gasteiger charge is -2.23. The molecule has 0 aliphatic heterocycles. The van der Waals surface area contributed by atoms with Gasteiger partial charge in [-0.25, -0.2) is 4.79 Å². The third-order valence-electron chi connectivity index (χ3n) is 4.37. The van der Waals surface area contributed by atoms with E-state index >= 15 is 0 Å². The van der Waals surface area contributed by atoms with Crippen LogP contribution in [0, 0.1) is 5.92 Å². The number of methoxy groups -OCH3 is 1. The number of amides is 2. The second-order valence-corrected chi connectivity index (χ2v) is 7.17. The minimum atomic E-state index is -0.707. The van der Waals surface area contributed by atoms with Crippen molar-refractivity contribution in [2.45, 2.75) is 39.2 Å². The fourth-order valence-corrected chi connectivity index (χ4v) is 3.02. The fraction of sp³-hybridized carbons (Fsp3) is 0.348. The number of carbonyl (C=O) groups excluding carboxylic acids is 3. The van der Waals surface area contributed by atoms with Crippen molar-refractivity contribution < 1.29 is 19.1 Å². The Kier molecular flexibility index (Phi) is 8.40. The maximum absolute atomic E-state index is 13.0. The minimum absolute atomic E-state index is 0.0133. The highest BCUT2D eigenvalue weighted by molar-refractivity contribution is 6.01. The van der Waals surface area contributed by atoms with Crippen LogP contribution >= 0.6 is 0 Å². The molecule has 0 aromatic heterocycles. The SMILES string of the molecule is COC(=O)[C@H](CC(C)C)NC(=O)CCC(=O)N(c1ccccc1)c1ccccc1. The second-order valence-electron chi connectivity index (χ2n) is 7.17. The number of hydrogen-bond donors (Lipinski definition) is 1. The smallest absolute Gasteiger partial charge is 0.328 e. The standard InChI is InChI=1S/C23H28N2O4/c1-17(2)16-20(23(28)29-3)24-21(26)14-15-22(27)25(18-10-6-4-7-11-18)19-12-8-5-9-13-19/h4-13,17,20H,14-16H2,1-3H3,(H,24,26)/t20-/m0/s1. The Labute approximate surface area is 171 Å². The largest absolute Gasteiger partial charge is 0.467 e. The molecular weight excluding hydrogens is 368 g/mol. The molecule has 2 aromatic rings. The molecule has 0 heterocycles. The summed E-state index contributed by atoms with van der Waals surface area (Å²) in [7, 11) is 1.29. The Morgan fingerprint density at radius 1 is 0.897 bits per heavy atom. The number of nitrogens with zero attached hydrogens (tertiary/aromatic N) is 1. The summed E-state index contributed by atoms with van der Waals surface area (Å²) in [6.07, 6.45) is 0.484. The normalized spacial score (nSPS) is 11.6. The van der Waals surface area contributed by atoms with Gasteiger partial charge < -0.3 is 10.1 Å². The van der Waals surface area contributed by atoms with Gasteiger partial charge in [0, 0.05) is 24.2 Å². The zero-order valence-corrected chi connectivity index (χ0v) is 17.1. The lowest BCUT2D eigenvalue weighted by Crippen LogP contribution is -2.42. The van der Waals surface area contributed by atoms with Gasteiger partial charge in [-0.3, -0.25) is 14.5 Å². The molecule has 2 amide bonds. The molecule has 2 aromatic carbocycles. The molecule has 154 valence electrons. The molecule has 0 radical (unpaired) electrons. The van der Waals surface area contributed by atoms with Crippen LogP contribution in [0.2, 0.25) is 0 Å². The molecule has 6 heteroatoms. The number of benzene rings is 2. The number of esters is 1. The third kappa shape index (κ3) is 6.75. The van der Waals surface area contributed by atoms with Gasteiger partial charge in [-0.2, -0.15) is 0 Å². The van der Waals surface area contributed by atoms with Crippen LogP contribution in [-0.2, 0) is 19.1 Å². The predicted octanol–water partition coefficient (Wildman–Crippen LogP) is 3.84. The van der Waals surface area contributed by atoms with Gasteiger partial charge >= 0.3 is 5.97 Å². The summed E-state index contributed by atoms with van der Waals surface area (Å²) in [6.45, 7) is 3.92. The number of para-hydroxylation sites is 2. The molecule has 29 heavy (non-hydrogen) atoms. The highest BCUT2D eigenvalue weighted by Gasteiger charge is 2.24. The minimum Gasteiger partial charge on any atom is -0.467 e. The monoisotopic (exact) mass is 396 g/mol. The first kappa shape index (κ1) is 22.1. The van der Waals surface area contributed by atoms with Crippen molar-refractivity contribution in [3.05, 3.63) is 60.7 Å². The quantitative estimate of drug-likeness (QED) is 0.654. The van der Waals surface area contributed by atoms with Crippen LogP contribution in [0.3, 0.4) is 0 Å². The van der Waals surface area contributed by atoms with E-state index in [1.807, 2.05) is 74.5 Å². The molecule has 1 atom stereocenters. The highest BCUT2D eigenvalue weighted by atomic mass is 16.5. The van der Waals surface area contributed by atoms with Crippen molar-refractivity contribution in [1.29, 1.82) is 0 Å². The second kappa shape index (κ2) is 11.0. The number of rotatable bonds is 9. The summed E-state index contributed by atoms with van der Waals surface area (Å²) >= 11 is 0. The van der Waals surface area contributed by atoms with Gasteiger partial charge in [-0.15, -0.1) is 0 Å². The Morgan fingerprint density at radius 2 is 1.41 bits per heavy atom. The summed E-state index contributed by atoms with van der Waals surface area (Å²) in [6, 6.07) is 17.9. The third-order valence-corrected chi connectivity index (χ3v) is 4.37. The summed E-state index contributed by atoms with van der Waals surface area (Å²) in [5, 5.41) is 2.69. The first-order chi connectivity index (χ1) is 13.9. The van der Waals surface area contributed by atoms with Gasteiger partial charge in [0.15, 0.2) is 0 Å². The van der Waals surface area contributed by atoms with Crippen molar-refractivity contribution in [3.63, 3.8) is 0 Å². The summed E-state index contributed by atoms with van der Waals surface area (Å²) < 4.78 is 4.76. The maximum Gasteiger partial charge on any atom is 0.328 e. The molecule has 0 spiro atoms. The number of hydrogen-bond acceptors (Lipinski definition) is 4. The molecule has 0 aliphatic carbocycles. The van der Waals surface area contributed by atoms with E-state index in [1.54, 1.807) is 4.90 Å². The molecule has 6 nitrogen and oxygen atoms in total. The number of carbonyl (C=O) groups is 3. The number of ether oxygens (including phenoxy) is 1. The maximum atomic E-state index is 13.0. The Bertz CT molecular complexity index is 767. The average molecular weight is 396 g/mol. The van der Waals surface area contributed by atoms with E-state index in [0.29, 0.717) is 6.42 Å². The van der Waals surface area contributed by atoms with Crippen LogP contribution in [0.4, 0.5) is 11.4 Å². The van der Waals surface area contributed by atoms with Gasteiger partial charge in [-0.1, -0.05) is 50.2 Å². The van der Waals surface area contributed by atoms with Crippen molar-refractivity contribution in [2.75, 3.05) is 12.0 Å². The van der Waals surface area contributed by atoms with Gasteiger partial charge in [0.25, 0.3) is 0 Å². The molecule has 0 saturated heterocycles. The number of anilines is 2.